The highest BCUT2D eigenvalue weighted by Crippen LogP contribution is 2.46. The quantitative estimate of drug-likeness (QED) is 0.724. The predicted octanol–water partition coefficient (Wildman–Crippen LogP) is 2.92. The SMILES string of the molecule is COc1c(OC)c(NC(C)=O)c2c(N)nc(C(C)C)nc2c1I. The number of benzene rings is 1. The standard InChI is InChI=1S/C15H19IN4O3/c1-6(2)15-19-10-8(14(17)20-15)11(18-7(3)21)13(23-5)12(22-4)9(10)16/h6H,1-5H3,(H,18,21)(H2,17,19,20). The summed E-state index contributed by atoms with van der Waals surface area (Å²) in [4.78, 5) is 20.6. The van der Waals surface area contributed by atoms with Crippen LogP contribution in [0.5, 0.6) is 11.5 Å². The Morgan fingerprint density at radius 1 is 1.22 bits per heavy atom. The Hall–Kier alpha value is -1.84. The molecule has 2 rings (SSSR count). The number of hydrogen-bond donors (Lipinski definition) is 2. The van der Waals surface area contributed by atoms with E-state index in [1.807, 2.05) is 13.8 Å². The summed E-state index contributed by atoms with van der Waals surface area (Å²) < 4.78 is 11.6. The van der Waals surface area contributed by atoms with Gasteiger partial charge in [0.05, 0.1) is 28.7 Å². The van der Waals surface area contributed by atoms with Crippen LogP contribution in [0.15, 0.2) is 0 Å². The smallest absolute Gasteiger partial charge is 0.221 e. The van der Waals surface area contributed by atoms with Gasteiger partial charge >= 0.3 is 0 Å². The van der Waals surface area contributed by atoms with E-state index in [2.05, 4.69) is 37.9 Å². The van der Waals surface area contributed by atoms with E-state index in [0.29, 0.717) is 39.7 Å². The first kappa shape index (κ1) is 17.5. The minimum Gasteiger partial charge on any atom is -0.492 e. The number of hydrogen-bond acceptors (Lipinski definition) is 6. The highest BCUT2D eigenvalue weighted by molar-refractivity contribution is 14.1. The fourth-order valence-electron chi connectivity index (χ4n) is 2.27. The molecule has 7 nitrogen and oxygen atoms in total. The third kappa shape index (κ3) is 3.12. The van der Waals surface area contributed by atoms with Crippen molar-refractivity contribution >= 4 is 50.9 Å². The van der Waals surface area contributed by atoms with E-state index < -0.39 is 0 Å². The van der Waals surface area contributed by atoms with Crippen LogP contribution in [-0.4, -0.2) is 30.1 Å². The molecule has 0 fully saturated rings. The van der Waals surface area contributed by atoms with Gasteiger partial charge in [-0.15, -0.1) is 0 Å². The van der Waals surface area contributed by atoms with Crippen LogP contribution >= 0.6 is 22.6 Å². The second-order valence-electron chi connectivity index (χ2n) is 5.28. The largest absolute Gasteiger partial charge is 0.492 e. The van der Waals surface area contributed by atoms with Crippen molar-refractivity contribution in [2.45, 2.75) is 26.7 Å². The van der Waals surface area contributed by atoms with Crippen LogP contribution < -0.4 is 20.5 Å². The first-order valence-electron chi connectivity index (χ1n) is 6.99. The van der Waals surface area contributed by atoms with Crippen molar-refractivity contribution < 1.29 is 14.3 Å². The Morgan fingerprint density at radius 3 is 2.30 bits per heavy atom. The summed E-state index contributed by atoms with van der Waals surface area (Å²) in [5, 5.41) is 3.30. The summed E-state index contributed by atoms with van der Waals surface area (Å²) in [7, 11) is 3.04. The number of aromatic nitrogens is 2. The van der Waals surface area contributed by atoms with Gasteiger partial charge in [0, 0.05) is 12.8 Å². The predicted molar refractivity (Wildman–Crippen MR) is 98.2 cm³/mol. The molecule has 0 unspecified atom stereocenters. The zero-order chi connectivity index (χ0) is 17.3. The number of carbonyl (C=O) groups excluding carboxylic acids is 1. The Kier molecular flexibility index (Phi) is 5.12. The fourth-order valence-corrected chi connectivity index (χ4v) is 3.12. The second-order valence-corrected chi connectivity index (χ2v) is 6.36. The molecule has 23 heavy (non-hydrogen) atoms. The molecule has 0 aliphatic heterocycles. The fraction of sp³-hybridized carbons (Fsp3) is 0.400. The van der Waals surface area contributed by atoms with Crippen LogP contribution in [0.1, 0.15) is 32.5 Å². The molecule has 1 aromatic carbocycles. The maximum atomic E-state index is 11.6. The minimum atomic E-state index is -0.250. The van der Waals surface area contributed by atoms with E-state index in [4.69, 9.17) is 15.2 Å². The molecule has 0 saturated carbocycles. The number of nitrogens with two attached hydrogens (primary N) is 1. The Labute approximate surface area is 148 Å². The summed E-state index contributed by atoms with van der Waals surface area (Å²) >= 11 is 2.13. The van der Waals surface area contributed by atoms with Gasteiger partial charge in [0.25, 0.3) is 0 Å². The molecule has 0 saturated heterocycles. The number of methoxy groups -OCH3 is 2. The Morgan fingerprint density at radius 2 is 1.83 bits per heavy atom. The Bertz CT molecular complexity index is 777. The third-order valence-corrected chi connectivity index (χ3v) is 4.27. The van der Waals surface area contributed by atoms with Crippen molar-refractivity contribution in [3.63, 3.8) is 0 Å². The van der Waals surface area contributed by atoms with Crippen molar-refractivity contribution in [2.75, 3.05) is 25.3 Å². The highest BCUT2D eigenvalue weighted by Gasteiger charge is 2.24. The van der Waals surface area contributed by atoms with Gasteiger partial charge in [0.2, 0.25) is 5.91 Å². The number of nitrogen functional groups attached to an aromatic ring is 1. The van der Waals surface area contributed by atoms with E-state index in [0.717, 1.165) is 3.57 Å². The molecule has 1 heterocycles. The van der Waals surface area contributed by atoms with Crippen LogP contribution in [0, 0.1) is 3.57 Å². The van der Waals surface area contributed by atoms with Gasteiger partial charge in [-0.1, -0.05) is 13.8 Å². The maximum Gasteiger partial charge on any atom is 0.221 e. The lowest BCUT2D eigenvalue weighted by atomic mass is 10.1. The molecule has 0 aliphatic rings. The first-order valence-corrected chi connectivity index (χ1v) is 8.07. The molecule has 1 aromatic heterocycles. The summed E-state index contributed by atoms with van der Waals surface area (Å²) in [6, 6.07) is 0. The molecule has 8 heteroatoms. The normalized spacial score (nSPS) is 10.9. The lowest BCUT2D eigenvalue weighted by molar-refractivity contribution is -0.114. The number of halogens is 1. The zero-order valence-corrected chi connectivity index (χ0v) is 15.8. The van der Waals surface area contributed by atoms with E-state index in [-0.39, 0.29) is 11.8 Å². The van der Waals surface area contributed by atoms with E-state index in [9.17, 15) is 4.79 Å². The topological polar surface area (TPSA) is 99.4 Å². The van der Waals surface area contributed by atoms with Gasteiger partial charge in [-0.3, -0.25) is 4.79 Å². The zero-order valence-electron chi connectivity index (χ0n) is 13.7. The highest BCUT2D eigenvalue weighted by atomic mass is 127. The number of carbonyl (C=O) groups is 1. The van der Waals surface area contributed by atoms with Gasteiger partial charge < -0.3 is 20.5 Å². The van der Waals surface area contributed by atoms with Gasteiger partial charge in [0.15, 0.2) is 11.5 Å². The second kappa shape index (κ2) is 6.73. The van der Waals surface area contributed by atoms with Crippen LogP contribution in [-0.2, 0) is 4.79 Å². The third-order valence-electron chi connectivity index (χ3n) is 3.27. The molecule has 0 bridgehead atoms. The van der Waals surface area contributed by atoms with E-state index in [1.165, 1.54) is 21.1 Å². The maximum absolute atomic E-state index is 11.6. The van der Waals surface area contributed by atoms with E-state index >= 15 is 0 Å². The summed E-state index contributed by atoms with van der Waals surface area (Å²) in [5.74, 6) is 1.69. The van der Waals surface area contributed by atoms with Crippen LogP contribution in [0.4, 0.5) is 11.5 Å². The molecule has 3 N–H and O–H groups in total. The number of anilines is 2. The van der Waals surface area contributed by atoms with Crippen LogP contribution in [0.3, 0.4) is 0 Å². The van der Waals surface area contributed by atoms with Gasteiger partial charge in [-0.05, 0) is 22.6 Å². The number of nitrogens with one attached hydrogen (secondary N) is 1. The molecular formula is C15H19IN4O3. The van der Waals surface area contributed by atoms with E-state index in [1.54, 1.807) is 0 Å². The summed E-state index contributed by atoms with van der Waals surface area (Å²) in [6.45, 7) is 5.39. The molecule has 0 spiro atoms. The number of rotatable bonds is 4. The monoisotopic (exact) mass is 430 g/mol. The molecule has 1 amide bonds. The van der Waals surface area contributed by atoms with Crippen molar-refractivity contribution in [1.29, 1.82) is 0 Å². The first-order chi connectivity index (χ1) is 10.8. The van der Waals surface area contributed by atoms with Gasteiger partial charge in [-0.25, -0.2) is 9.97 Å². The lowest BCUT2D eigenvalue weighted by Gasteiger charge is -2.19. The minimum absolute atomic E-state index is 0.120. The van der Waals surface area contributed by atoms with Crippen molar-refractivity contribution in [1.82, 2.24) is 9.97 Å². The number of ether oxygens (including phenoxy) is 2. The number of nitrogens with zero attached hydrogens (tertiary/aromatic N) is 2. The van der Waals surface area contributed by atoms with Gasteiger partial charge in [-0.2, -0.15) is 0 Å². The average Bonchev–Trinajstić information content (AvgIpc) is 2.48. The molecule has 0 atom stereocenters. The Balaban J connectivity index is 2.98. The van der Waals surface area contributed by atoms with Crippen LogP contribution in [0.2, 0.25) is 0 Å². The summed E-state index contributed by atoms with van der Waals surface area (Å²) in [6.07, 6.45) is 0. The lowest BCUT2D eigenvalue weighted by Crippen LogP contribution is -2.12. The molecule has 2 aromatic rings. The molecule has 0 radical (unpaired) electrons. The van der Waals surface area contributed by atoms with Crippen molar-refractivity contribution in [2.24, 2.45) is 0 Å². The van der Waals surface area contributed by atoms with Crippen molar-refractivity contribution in [3.05, 3.63) is 9.39 Å². The van der Waals surface area contributed by atoms with Gasteiger partial charge in [0.1, 0.15) is 17.3 Å². The van der Waals surface area contributed by atoms with Crippen molar-refractivity contribution in [3.8, 4) is 11.5 Å². The molecular weight excluding hydrogens is 411 g/mol. The number of fused-ring (bicyclic) bond motifs is 1. The molecule has 124 valence electrons. The van der Waals surface area contributed by atoms with Crippen LogP contribution in [0.25, 0.3) is 10.9 Å². The summed E-state index contributed by atoms with van der Waals surface area (Å²) in [5.41, 5.74) is 7.20. The average molecular weight is 430 g/mol. The molecule has 0 aliphatic carbocycles. The number of amides is 1.